The highest BCUT2D eigenvalue weighted by atomic mass is 32.1. The molecule has 1 aliphatic heterocycles. The predicted octanol–water partition coefficient (Wildman–Crippen LogP) is 1.25. The molecule has 0 saturated carbocycles. The minimum Gasteiger partial charge on any atom is -0.454 e. The number of fused-ring (bicyclic) bond motifs is 1. The first-order valence-electron chi connectivity index (χ1n) is 4.91. The molecule has 0 saturated heterocycles. The van der Waals surface area contributed by atoms with Gasteiger partial charge in [0.1, 0.15) is 6.33 Å². The summed E-state index contributed by atoms with van der Waals surface area (Å²) in [6, 6.07) is 5.26. The average Bonchev–Trinajstić information content (AvgIpc) is 2.79. The van der Waals surface area contributed by atoms with E-state index in [1.807, 2.05) is 0 Å². The van der Waals surface area contributed by atoms with Gasteiger partial charge in [0.25, 0.3) is 5.56 Å². The second-order valence-electron chi connectivity index (χ2n) is 3.49. The number of ether oxygens (including phenoxy) is 2. The lowest BCUT2D eigenvalue weighted by Crippen LogP contribution is -2.18. The fourth-order valence-electron chi connectivity index (χ4n) is 1.62. The molecule has 0 N–H and O–H groups in total. The average molecular weight is 248 g/mol. The van der Waals surface area contributed by atoms with Gasteiger partial charge in [-0.1, -0.05) is 0 Å². The highest BCUT2D eigenvalue weighted by Crippen LogP contribution is 2.33. The van der Waals surface area contributed by atoms with E-state index in [0.717, 1.165) is 0 Å². The SMILES string of the molecule is O=c1c(S)cncn1-c1ccc2c(c1)OCO2. The van der Waals surface area contributed by atoms with Gasteiger partial charge in [-0.3, -0.25) is 9.36 Å². The molecule has 2 aromatic rings. The van der Waals surface area contributed by atoms with Gasteiger partial charge in [0.2, 0.25) is 6.79 Å². The van der Waals surface area contributed by atoms with Crippen molar-refractivity contribution in [1.82, 2.24) is 9.55 Å². The van der Waals surface area contributed by atoms with Crippen LogP contribution in [0, 0.1) is 0 Å². The van der Waals surface area contributed by atoms with Crippen LogP contribution in [0.25, 0.3) is 5.69 Å². The summed E-state index contributed by atoms with van der Waals surface area (Å²) >= 11 is 4.05. The van der Waals surface area contributed by atoms with E-state index in [1.54, 1.807) is 18.2 Å². The molecule has 1 aliphatic rings. The third-order valence-corrected chi connectivity index (χ3v) is 2.76. The Bertz CT molecular complexity index is 639. The molecule has 0 aliphatic carbocycles. The zero-order valence-electron chi connectivity index (χ0n) is 8.66. The number of nitrogens with zero attached hydrogens (tertiary/aromatic N) is 2. The van der Waals surface area contributed by atoms with Gasteiger partial charge in [-0.2, -0.15) is 0 Å². The fraction of sp³-hybridized carbons (Fsp3) is 0.0909. The number of benzene rings is 1. The van der Waals surface area contributed by atoms with Gasteiger partial charge in [-0.05, 0) is 12.1 Å². The van der Waals surface area contributed by atoms with E-state index in [-0.39, 0.29) is 12.4 Å². The number of hydrogen-bond acceptors (Lipinski definition) is 5. The summed E-state index contributed by atoms with van der Waals surface area (Å²) in [7, 11) is 0. The van der Waals surface area contributed by atoms with Crippen molar-refractivity contribution in [1.29, 1.82) is 0 Å². The Hall–Kier alpha value is -1.95. The minimum absolute atomic E-state index is 0.207. The lowest BCUT2D eigenvalue weighted by atomic mass is 10.3. The first-order valence-corrected chi connectivity index (χ1v) is 5.36. The van der Waals surface area contributed by atoms with Gasteiger partial charge in [0, 0.05) is 12.3 Å². The van der Waals surface area contributed by atoms with Crippen LogP contribution >= 0.6 is 12.6 Å². The van der Waals surface area contributed by atoms with Gasteiger partial charge in [0.15, 0.2) is 11.5 Å². The number of hydrogen-bond donors (Lipinski definition) is 1. The molecule has 1 aromatic heterocycles. The van der Waals surface area contributed by atoms with Crippen molar-refractivity contribution >= 4 is 12.6 Å². The number of thiol groups is 1. The molecule has 2 heterocycles. The molecule has 0 amide bonds. The number of aromatic nitrogens is 2. The van der Waals surface area contributed by atoms with E-state index in [9.17, 15) is 4.79 Å². The van der Waals surface area contributed by atoms with Crippen molar-refractivity contribution in [3.8, 4) is 17.2 Å². The second kappa shape index (κ2) is 3.81. The molecule has 6 heteroatoms. The van der Waals surface area contributed by atoms with E-state index in [2.05, 4.69) is 17.6 Å². The summed E-state index contributed by atoms with van der Waals surface area (Å²) in [5.41, 5.74) is 0.449. The molecule has 5 nitrogen and oxygen atoms in total. The first kappa shape index (κ1) is 10.2. The van der Waals surface area contributed by atoms with Gasteiger partial charge in [0.05, 0.1) is 10.6 Å². The van der Waals surface area contributed by atoms with Crippen molar-refractivity contribution in [2.24, 2.45) is 0 Å². The van der Waals surface area contributed by atoms with Crippen LogP contribution < -0.4 is 15.0 Å². The maximum atomic E-state index is 11.8. The quantitative estimate of drug-likeness (QED) is 0.772. The lowest BCUT2D eigenvalue weighted by molar-refractivity contribution is 0.174. The molecule has 0 unspecified atom stereocenters. The third-order valence-electron chi connectivity index (χ3n) is 2.45. The zero-order chi connectivity index (χ0) is 11.8. The van der Waals surface area contributed by atoms with Gasteiger partial charge in [-0.25, -0.2) is 4.98 Å². The lowest BCUT2D eigenvalue weighted by Gasteiger charge is -2.06. The molecule has 1 aromatic carbocycles. The summed E-state index contributed by atoms with van der Waals surface area (Å²) < 4.78 is 11.9. The summed E-state index contributed by atoms with van der Waals surface area (Å²) in [4.78, 5) is 16.1. The van der Waals surface area contributed by atoms with E-state index in [0.29, 0.717) is 22.1 Å². The standard InChI is InChI=1S/C11H8N2O3S/c14-11-10(17)4-12-5-13(11)7-1-2-8-9(3-7)16-6-15-8/h1-5,17H,6H2. The monoisotopic (exact) mass is 248 g/mol. The third kappa shape index (κ3) is 1.66. The van der Waals surface area contributed by atoms with Gasteiger partial charge >= 0.3 is 0 Å². The van der Waals surface area contributed by atoms with Gasteiger partial charge < -0.3 is 9.47 Å². The summed E-state index contributed by atoms with van der Waals surface area (Å²) in [6.45, 7) is 0.207. The van der Waals surface area contributed by atoms with E-state index in [4.69, 9.17) is 9.47 Å². The van der Waals surface area contributed by atoms with Crippen molar-refractivity contribution in [2.45, 2.75) is 4.90 Å². The normalized spacial score (nSPS) is 12.8. The van der Waals surface area contributed by atoms with Crippen LogP contribution in [0.5, 0.6) is 11.5 Å². The smallest absolute Gasteiger partial charge is 0.271 e. The summed E-state index contributed by atoms with van der Waals surface area (Å²) in [5.74, 6) is 1.30. The second-order valence-corrected chi connectivity index (χ2v) is 3.97. The molecule has 0 bridgehead atoms. The Balaban J connectivity index is 2.16. The van der Waals surface area contributed by atoms with Gasteiger partial charge in [-0.15, -0.1) is 12.6 Å². The maximum Gasteiger partial charge on any atom is 0.271 e. The molecule has 0 atom stereocenters. The largest absolute Gasteiger partial charge is 0.454 e. The molecule has 0 spiro atoms. The van der Waals surface area contributed by atoms with Crippen LogP contribution in [0.2, 0.25) is 0 Å². The first-order chi connectivity index (χ1) is 8.25. The Morgan fingerprint density at radius 2 is 2.12 bits per heavy atom. The van der Waals surface area contributed by atoms with E-state index < -0.39 is 0 Å². The van der Waals surface area contributed by atoms with Crippen LogP contribution in [-0.4, -0.2) is 16.3 Å². The van der Waals surface area contributed by atoms with Crippen LogP contribution in [-0.2, 0) is 0 Å². The van der Waals surface area contributed by atoms with Crippen LogP contribution in [0.3, 0.4) is 0 Å². The topological polar surface area (TPSA) is 53.4 Å². The van der Waals surface area contributed by atoms with Crippen LogP contribution in [0.4, 0.5) is 0 Å². The van der Waals surface area contributed by atoms with Crippen molar-refractivity contribution in [3.63, 3.8) is 0 Å². The van der Waals surface area contributed by atoms with E-state index >= 15 is 0 Å². The van der Waals surface area contributed by atoms with Crippen molar-refractivity contribution in [3.05, 3.63) is 41.1 Å². The van der Waals surface area contributed by atoms with Crippen molar-refractivity contribution in [2.75, 3.05) is 6.79 Å². The summed E-state index contributed by atoms with van der Waals surface area (Å²) in [5, 5.41) is 0. The fourth-order valence-corrected chi connectivity index (χ4v) is 1.80. The summed E-state index contributed by atoms with van der Waals surface area (Å²) in [6.07, 6.45) is 2.86. The molecule has 86 valence electrons. The molecular weight excluding hydrogens is 240 g/mol. The Kier molecular flexibility index (Phi) is 2.29. The maximum absolute atomic E-state index is 11.8. The van der Waals surface area contributed by atoms with E-state index in [1.165, 1.54) is 17.1 Å². The van der Waals surface area contributed by atoms with Crippen LogP contribution in [0.15, 0.2) is 40.4 Å². The molecule has 3 rings (SSSR count). The highest BCUT2D eigenvalue weighted by Gasteiger charge is 2.14. The minimum atomic E-state index is -0.220. The zero-order valence-corrected chi connectivity index (χ0v) is 9.55. The Labute approximate surface area is 102 Å². The highest BCUT2D eigenvalue weighted by molar-refractivity contribution is 7.80. The number of rotatable bonds is 1. The van der Waals surface area contributed by atoms with Crippen LogP contribution in [0.1, 0.15) is 0 Å². The Morgan fingerprint density at radius 1 is 1.29 bits per heavy atom. The van der Waals surface area contributed by atoms with Crippen molar-refractivity contribution < 1.29 is 9.47 Å². The molecule has 0 radical (unpaired) electrons. The Morgan fingerprint density at radius 3 is 3.00 bits per heavy atom. The molecular formula is C11H8N2O3S. The predicted molar refractivity (Wildman–Crippen MR) is 63.2 cm³/mol. The molecule has 0 fully saturated rings. The molecule has 17 heavy (non-hydrogen) atoms.